The first-order valence-electron chi connectivity index (χ1n) is 5.63. The average molecular weight is 259 g/mol. The minimum Gasteiger partial charge on any atom is -0.477 e. The van der Waals surface area contributed by atoms with Crippen molar-refractivity contribution in [1.82, 2.24) is 9.55 Å². The maximum Gasteiger partial charge on any atom is 0.354 e. The van der Waals surface area contributed by atoms with Gasteiger partial charge in [0.15, 0.2) is 0 Å². The summed E-state index contributed by atoms with van der Waals surface area (Å²) in [5, 5.41) is 9.05. The molecule has 0 aliphatic heterocycles. The van der Waals surface area contributed by atoms with Crippen molar-refractivity contribution >= 4 is 11.9 Å². The third-order valence-corrected chi connectivity index (χ3v) is 2.85. The number of hydrogen-bond acceptors (Lipinski definition) is 3. The van der Waals surface area contributed by atoms with Gasteiger partial charge >= 0.3 is 5.97 Å². The first kappa shape index (κ1) is 12.8. The van der Waals surface area contributed by atoms with Crippen molar-refractivity contribution in [3.05, 3.63) is 53.1 Å². The van der Waals surface area contributed by atoms with Crippen LogP contribution in [0, 0.1) is 6.92 Å². The predicted molar refractivity (Wildman–Crippen MR) is 68.0 cm³/mol. The number of amides is 1. The Labute approximate surface area is 109 Å². The van der Waals surface area contributed by atoms with E-state index in [1.165, 1.54) is 6.20 Å². The van der Waals surface area contributed by atoms with Crippen molar-refractivity contribution in [2.75, 3.05) is 0 Å². The lowest BCUT2D eigenvalue weighted by atomic mass is 10.1. The van der Waals surface area contributed by atoms with Crippen LogP contribution in [0.3, 0.4) is 0 Å². The van der Waals surface area contributed by atoms with E-state index in [4.69, 9.17) is 10.8 Å². The van der Waals surface area contributed by atoms with Crippen LogP contribution in [0.2, 0.25) is 0 Å². The summed E-state index contributed by atoms with van der Waals surface area (Å²) in [6.45, 7) is 2.12. The lowest BCUT2D eigenvalue weighted by Gasteiger charge is -2.08. The number of benzene rings is 1. The predicted octanol–water partition coefficient (Wildman–Crippen LogP) is 1.04. The standard InChI is InChI=1S/C13H13N3O3/c1-8-15-6-11(13(18)19)16(8)7-9-2-4-10(5-3-9)12(14)17/h2-6H,7H2,1H3,(H2,14,17)(H,18,19). The minimum absolute atomic E-state index is 0.136. The molecule has 3 N–H and O–H groups in total. The molecule has 0 spiro atoms. The quantitative estimate of drug-likeness (QED) is 0.856. The molecule has 0 unspecified atom stereocenters. The van der Waals surface area contributed by atoms with Crippen LogP contribution >= 0.6 is 0 Å². The van der Waals surface area contributed by atoms with Gasteiger partial charge in [-0.3, -0.25) is 4.79 Å². The lowest BCUT2D eigenvalue weighted by Crippen LogP contribution is -2.12. The Balaban J connectivity index is 2.28. The molecule has 1 aromatic heterocycles. The molecule has 2 rings (SSSR count). The zero-order valence-corrected chi connectivity index (χ0v) is 10.3. The summed E-state index contributed by atoms with van der Waals surface area (Å²) in [6.07, 6.45) is 1.33. The summed E-state index contributed by atoms with van der Waals surface area (Å²) >= 11 is 0. The molecule has 1 aromatic carbocycles. The number of aryl methyl sites for hydroxylation is 1. The number of aromatic nitrogens is 2. The van der Waals surface area contributed by atoms with Crippen molar-refractivity contribution in [2.45, 2.75) is 13.5 Å². The smallest absolute Gasteiger partial charge is 0.354 e. The van der Waals surface area contributed by atoms with Crippen LogP contribution in [0.4, 0.5) is 0 Å². The van der Waals surface area contributed by atoms with Crippen molar-refractivity contribution in [1.29, 1.82) is 0 Å². The molecule has 6 nitrogen and oxygen atoms in total. The number of nitrogens with zero attached hydrogens (tertiary/aromatic N) is 2. The number of carboxylic acids is 1. The fraction of sp³-hybridized carbons (Fsp3) is 0.154. The largest absolute Gasteiger partial charge is 0.477 e. The van der Waals surface area contributed by atoms with Gasteiger partial charge in [-0.25, -0.2) is 9.78 Å². The second-order valence-corrected chi connectivity index (χ2v) is 4.14. The Kier molecular flexibility index (Phi) is 3.33. The zero-order valence-electron chi connectivity index (χ0n) is 10.3. The molecule has 1 amide bonds. The fourth-order valence-electron chi connectivity index (χ4n) is 1.80. The fourth-order valence-corrected chi connectivity index (χ4v) is 1.80. The summed E-state index contributed by atoms with van der Waals surface area (Å²) < 4.78 is 1.60. The molecule has 0 bridgehead atoms. The normalized spacial score (nSPS) is 10.4. The second kappa shape index (κ2) is 4.93. The molecule has 2 aromatic rings. The molecule has 0 saturated heterocycles. The van der Waals surface area contributed by atoms with E-state index in [0.717, 1.165) is 5.56 Å². The van der Waals surface area contributed by atoms with Gasteiger partial charge in [0, 0.05) is 12.1 Å². The van der Waals surface area contributed by atoms with Crippen LogP contribution in [-0.2, 0) is 6.54 Å². The number of carboxylic acid groups (broad SMARTS) is 1. The number of rotatable bonds is 4. The summed E-state index contributed by atoms with van der Waals surface area (Å²) in [4.78, 5) is 26.0. The molecule has 6 heteroatoms. The van der Waals surface area contributed by atoms with Crippen LogP contribution in [0.1, 0.15) is 32.2 Å². The van der Waals surface area contributed by atoms with Gasteiger partial charge in [-0.05, 0) is 24.6 Å². The summed E-state index contributed by atoms with van der Waals surface area (Å²) in [7, 11) is 0. The van der Waals surface area contributed by atoms with Gasteiger partial charge in [0.25, 0.3) is 0 Å². The molecule has 0 aliphatic rings. The van der Waals surface area contributed by atoms with E-state index >= 15 is 0 Å². The highest BCUT2D eigenvalue weighted by molar-refractivity contribution is 5.92. The molecule has 0 radical (unpaired) electrons. The number of primary amides is 1. The molecular formula is C13H13N3O3. The molecule has 0 fully saturated rings. The molecule has 0 saturated carbocycles. The van der Waals surface area contributed by atoms with E-state index in [0.29, 0.717) is 17.9 Å². The second-order valence-electron chi connectivity index (χ2n) is 4.14. The minimum atomic E-state index is -1.02. The van der Waals surface area contributed by atoms with E-state index in [-0.39, 0.29) is 5.69 Å². The van der Waals surface area contributed by atoms with E-state index in [1.807, 2.05) is 0 Å². The Hall–Kier alpha value is -2.63. The first-order valence-corrected chi connectivity index (χ1v) is 5.63. The van der Waals surface area contributed by atoms with Gasteiger partial charge in [-0.2, -0.15) is 0 Å². The van der Waals surface area contributed by atoms with Crippen LogP contribution < -0.4 is 5.73 Å². The Morgan fingerprint density at radius 2 is 1.95 bits per heavy atom. The Morgan fingerprint density at radius 1 is 1.32 bits per heavy atom. The van der Waals surface area contributed by atoms with Crippen LogP contribution in [0.5, 0.6) is 0 Å². The maximum absolute atomic E-state index is 11.0. The molecule has 98 valence electrons. The average Bonchev–Trinajstić information content (AvgIpc) is 2.72. The van der Waals surface area contributed by atoms with Crippen LogP contribution in [0.25, 0.3) is 0 Å². The first-order chi connectivity index (χ1) is 8.99. The Morgan fingerprint density at radius 3 is 2.47 bits per heavy atom. The molecule has 0 atom stereocenters. The van der Waals surface area contributed by atoms with E-state index in [1.54, 1.807) is 35.8 Å². The lowest BCUT2D eigenvalue weighted by molar-refractivity contribution is 0.0685. The number of hydrogen-bond donors (Lipinski definition) is 2. The van der Waals surface area contributed by atoms with Gasteiger partial charge in [0.1, 0.15) is 11.5 Å². The SMILES string of the molecule is Cc1ncc(C(=O)O)n1Cc1ccc(C(N)=O)cc1. The van der Waals surface area contributed by atoms with Crippen LogP contribution in [0.15, 0.2) is 30.5 Å². The molecule has 0 aliphatic carbocycles. The maximum atomic E-state index is 11.0. The van der Waals surface area contributed by atoms with Gasteiger partial charge in [0.2, 0.25) is 5.91 Å². The number of nitrogens with two attached hydrogens (primary N) is 1. The van der Waals surface area contributed by atoms with Gasteiger partial charge in [-0.15, -0.1) is 0 Å². The van der Waals surface area contributed by atoms with Crippen molar-refractivity contribution in [3.8, 4) is 0 Å². The highest BCUT2D eigenvalue weighted by Gasteiger charge is 2.13. The number of aromatic carboxylic acids is 1. The zero-order chi connectivity index (χ0) is 14.0. The van der Waals surface area contributed by atoms with Crippen LogP contribution in [-0.4, -0.2) is 26.5 Å². The van der Waals surface area contributed by atoms with E-state index in [2.05, 4.69) is 4.98 Å². The van der Waals surface area contributed by atoms with Crippen molar-refractivity contribution in [3.63, 3.8) is 0 Å². The third kappa shape index (κ3) is 2.62. The van der Waals surface area contributed by atoms with Gasteiger partial charge in [-0.1, -0.05) is 12.1 Å². The third-order valence-electron chi connectivity index (χ3n) is 2.85. The number of carbonyl (C=O) groups excluding carboxylic acids is 1. The summed E-state index contributed by atoms with van der Waals surface area (Å²) in [6, 6.07) is 6.71. The molecule has 1 heterocycles. The molecule has 19 heavy (non-hydrogen) atoms. The number of carbonyl (C=O) groups is 2. The van der Waals surface area contributed by atoms with Crippen molar-refractivity contribution in [2.24, 2.45) is 5.73 Å². The van der Waals surface area contributed by atoms with Gasteiger partial charge < -0.3 is 15.4 Å². The summed E-state index contributed by atoms with van der Waals surface area (Å²) in [5.41, 5.74) is 6.58. The number of imidazole rings is 1. The van der Waals surface area contributed by atoms with Crippen molar-refractivity contribution < 1.29 is 14.7 Å². The van der Waals surface area contributed by atoms with E-state index < -0.39 is 11.9 Å². The highest BCUT2D eigenvalue weighted by Crippen LogP contribution is 2.11. The van der Waals surface area contributed by atoms with E-state index in [9.17, 15) is 9.59 Å². The monoisotopic (exact) mass is 259 g/mol. The van der Waals surface area contributed by atoms with Gasteiger partial charge in [0.05, 0.1) is 6.20 Å². The highest BCUT2D eigenvalue weighted by atomic mass is 16.4. The molecular weight excluding hydrogens is 246 g/mol. The topological polar surface area (TPSA) is 98.2 Å². The Bertz CT molecular complexity index is 629. The summed E-state index contributed by atoms with van der Waals surface area (Å²) in [5.74, 6) is -0.887.